The lowest BCUT2D eigenvalue weighted by Crippen LogP contribution is -2.52. The number of nitrogens with one attached hydrogen (secondary N) is 4. The minimum atomic E-state index is -3.42. The van der Waals surface area contributed by atoms with Crippen LogP contribution in [0.5, 0.6) is 0 Å². The van der Waals surface area contributed by atoms with Gasteiger partial charge in [-0.1, -0.05) is 36.4 Å². The highest BCUT2D eigenvalue weighted by Crippen LogP contribution is 2.33. The first-order valence-corrected chi connectivity index (χ1v) is 41.1. The minimum absolute atomic E-state index is 0.0382. The largest absolute Gasteiger partial charge is 0.444 e. The molecule has 6 aromatic heterocycles. The van der Waals surface area contributed by atoms with Crippen LogP contribution in [-0.4, -0.2) is 266 Å². The fourth-order valence-corrected chi connectivity index (χ4v) is 17.4. The molecule has 0 saturated carbocycles. The number of morpholine rings is 3. The van der Waals surface area contributed by atoms with E-state index in [0.717, 1.165) is 122 Å². The van der Waals surface area contributed by atoms with Crippen LogP contribution >= 0.6 is 11.8 Å². The molecular weight excluding hydrogens is 1440 g/mol. The summed E-state index contributed by atoms with van der Waals surface area (Å²) in [4.78, 5) is 76.7. The van der Waals surface area contributed by atoms with Gasteiger partial charge in [0.25, 0.3) is 0 Å². The van der Waals surface area contributed by atoms with Crippen molar-refractivity contribution in [2.45, 2.75) is 68.5 Å². The van der Waals surface area contributed by atoms with E-state index in [9.17, 15) is 26.4 Å². The van der Waals surface area contributed by atoms with E-state index in [1.165, 1.54) is 10.6 Å². The number of ether oxygens (including phenoxy) is 5. The van der Waals surface area contributed by atoms with Crippen LogP contribution in [0.3, 0.4) is 0 Å². The molecule has 32 heteroatoms. The SMILES string of the molecule is CC(C)(C)OC(=O)N1CCS(=O)(=O)C(CNc2nc(-c3ccc(N4CCOCC4)cc3)cc3nccnc23)C1.CC(C)(C)OC(=O)N1CCSC(CNc2nc(-c3ccc(N4CCOCC4)cc3)cc3nccnc23)C1.O=S1(=O)CCNCC1CNc1nc(-c2ccc(N3CCOCC3)cc2)cc2nccnc12. The molecule has 3 unspecified atom stereocenters. The highest BCUT2D eigenvalue weighted by Gasteiger charge is 2.37. The summed E-state index contributed by atoms with van der Waals surface area (Å²) in [6, 6.07) is 30.7. The first kappa shape index (κ1) is 76.7. The Morgan fingerprint density at radius 1 is 0.472 bits per heavy atom. The van der Waals surface area contributed by atoms with Gasteiger partial charge in [-0.15, -0.1) is 0 Å². The lowest BCUT2D eigenvalue weighted by molar-refractivity contribution is 0.0246. The summed E-state index contributed by atoms with van der Waals surface area (Å²) >= 11 is 1.85. The van der Waals surface area contributed by atoms with Crippen LogP contribution < -0.4 is 36.0 Å². The Bertz CT molecular complexity index is 4810. The van der Waals surface area contributed by atoms with E-state index >= 15 is 0 Å². The highest BCUT2D eigenvalue weighted by molar-refractivity contribution is 8.00. The second-order valence-electron chi connectivity index (χ2n) is 28.9. The number of rotatable bonds is 15. The maximum Gasteiger partial charge on any atom is 0.410 e. The fourth-order valence-electron chi connectivity index (χ4n) is 13.2. The number of aromatic nitrogens is 9. The van der Waals surface area contributed by atoms with Crippen LogP contribution in [0.1, 0.15) is 41.5 Å². The molecule has 2 amide bonds. The standard InChI is InChI=1S/C27H34N6O5S.C27H34N6O3S.C22H26N6O3S/c1-27(2,3)38-26(34)33-12-15-39(35,36)21(18-33)17-30-25-24-23(28-8-9-29-24)16-22(31-25)19-4-6-20(7-5-19)32-10-13-37-14-11-32;1-27(2,3)36-26(34)33-12-15-37-21(18-33)17-30-25-24-23(28-8-9-29-24)16-22(31-25)19-4-6-20(7-5-19)32-10-13-35-14-11-32;29-32(30)12-7-23-14-18(32)15-26-22-21-20(24-5-6-25-21)13-19(27-22)16-1-3-17(4-2-16)28-8-10-31-11-9-28/h4-9,16,21H,10-15,17-18H2,1-3H3,(H,30,31);4-9,16,21H,10-15,17-18H2,1-3H3,(H,30,31);1-6,13,18,23H,7-12,14-15H2,(H,26,27). The number of fused-ring (bicyclic) bond motifs is 3. The van der Waals surface area contributed by atoms with Gasteiger partial charge in [0.1, 0.15) is 27.8 Å². The summed E-state index contributed by atoms with van der Waals surface area (Å²) in [7, 11) is -6.55. The fraction of sp³-hybridized carbons (Fsp3) is 0.461. The Balaban J connectivity index is 0.000000144. The topological polar surface area (TPSA) is 329 Å². The van der Waals surface area contributed by atoms with Gasteiger partial charge in [-0.2, -0.15) is 11.8 Å². The molecule has 108 heavy (non-hydrogen) atoms. The molecule has 0 bridgehead atoms. The molecule has 15 rings (SSSR count). The van der Waals surface area contributed by atoms with Gasteiger partial charge in [0.15, 0.2) is 37.1 Å². The average molecular weight is 1530 g/mol. The van der Waals surface area contributed by atoms with Crippen molar-refractivity contribution in [3.63, 3.8) is 0 Å². The van der Waals surface area contributed by atoms with E-state index in [-0.39, 0.29) is 49.0 Å². The van der Waals surface area contributed by atoms with Crippen LogP contribution in [-0.2, 0) is 43.4 Å². The van der Waals surface area contributed by atoms with E-state index in [4.69, 9.17) is 38.6 Å². The molecule has 6 fully saturated rings. The lowest BCUT2D eigenvalue weighted by Gasteiger charge is -2.34. The predicted octanol–water partition coefficient (Wildman–Crippen LogP) is 8.59. The Labute approximate surface area is 633 Å². The molecule has 6 aliphatic heterocycles. The number of hydrogen-bond donors (Lipinski definition) is 4. The minimum Gasteiger partial charge on any atom is -0.444 e. The summed E-state index contributed by atoms with van der Waals surface area (Å²) in [5, 5.41) is 12.0. The van der Waals surface area contributed by atoms with Gasteiger partial charge < -0.3 is 69.5 Å². The van der Waals surface area contributed by atoms with E-state index in [1.54, 1.807) is 62.9 Å². The molecule has 9 aromatic rings. The number of anilines is 6. The molecule has 572 valence electrons. The molecule has 6 aliphatic rings. The van der Waals surface area contributed by atoms with E-state index in [1.807, 2.05) is 62.9 Å². The molecule has 4 N–H and O–H groups in total. The van der Waals surface area contributed by atoms with Crippen molar-refractivity contribution in [1.29, 1.82) is 0 Å². The van der Waals surface area contributed by atoms with Gasteiger partial charge in [0.2, 0.25) is 0 Å². The summed E-state index contributed by atoms with van der Waals surface area (Å²) < 4.78 is 77.9. The second-order valence-corrected chi connectivity index (χ2v) is 35.2. The number of sulfone groups is 2. The smallest absolute Gasteiger partial charge is 0.410 e. The third-order valence-electron chi connectivity index (χ3n) is 18.9. The molecule has 0 radical (unpaired) electrons. The number of benzene rings is 3. The van der Waals surface area contributed by atoms with Gasteiger partial charge in [-0.25, -0.2) is 56.3 Å². The molecule has 0 aliphatic carbocycles. The van der Waals surface area contributed by atoms with Crippen molar-refractivity contribution >= 4 is 111 Å². The number of thioether (sulfide) groups is 1. The van der Waals surface area contributed by atoms with E-state index in [2.05, 4.69) is 127 Å². The van der Waals surface area contributed by atoms with Gasteiger partial charge in [-0.3, -0.25) is 15.0 Å². The summed E-state index contributed by atoms with van der Waals surface area (Å²) in [5.74, 6) is 2.59. The van der Waals surface area contributed by atoms with Crippen LogP contribution in [0.4, 0.5) is 44.1 Å². The molecule has 6 saturated heterocycles. The molecule has 3 aromatic carbocycles. The maximum atomic E-state index is 12.9. The van der Waals surface area contributed by atoms with Crippen molar-refractivity contribution in [1.82, 2.24) is 60.0 Å². The quantitative estimate of drug-likeness (QED) is 0.0746. The van der Waals surface area contributed by atoms with Gasteiger partial charge >= 0.3 is 12.2 Å². The van der Waals surface area contributed by atoms with Crippen molar-refractivity contribution in [3.05, 3.63) is 128 Å². The zero-order chi connectivity index (χ0) is 75.4. The van der Waals surface area contributed by atoms with Gasteiger partial charge in [0, 0.05) is 180 Å². The first-order chi connectivity index (χ1) is 52.0. The predicted molar refractivity (Wildman–Crippen MR) is 423 cm³/mol. The maximum absolute atomic E-state index is 12.9. The van der Waals surface area contributed by atoms with Gasteiger partial charge in [-0.05, 0) is 96.1 Å². The Morgan fingerprint density at radius 3 is 1.22 bits per heavy atom. The second kappa shape index (κ2) is 34.4. The number of carbonyl (C=O) groups is 2. The number of carbonyl (C=O) groups excluding carboxylic acids is 2. The van der Waals surface area contributed by atoms with Crippen molar-refractivity contribution in [2.75, 3.05) is 186 Å². The molecular formula is C76H94N18O11S3. The number of hydrogen-bond acceptors (Lipinski definition) is 28. The van der Waals surface area contributed by atoms with Crippen LogP contribution in [0.2, 0.25) is 0 Å². The summed E-state index contributed by atoms with van der Waals surface area (Å²) in [5.41, 5.74) is 11.6. The molecule has 29 nitrogen and oxygen atoms in total. The van der Waals surface area contributed by atoms with Crippen LogP contribution in [0, 0.1) is 0 Å². The average Bonchev–Trinajstić information content (AvgIpc) is 0.799. The highest BCUT2D eigenvalue weighted by atomic mass is 32.2. The summed E-state index contributed by atoms with van der Waals surface area (Å²) in [6.45, 7) is 24.1. The number of pyridine rings is 3. The Hall–Kier alpha value is -9.44. The number of nitrogens with zero attached hydrogens (tertiary/aromatic N) is 14. The lowest BCUT2D eigenvalue weighted by atomic mass is 10.1. The van der Waals surface area contributed by atoms with Crippen LogP contribution in [0.25, 0.3) is 66.9 Å². The third kappa shape index (κ3) is 19.9. The van der Waals surface area contributed by atoms with Crippen molar-refractivity contribution in [3.8, 4) is 33.8 Å². The Kier molecular flexibility index (Phi) is 24.5. The normalized spacial score (nSPS) is 19.6. The van der Waals surface area contributed by atoms with Gasteiger partial charge in [0.05, 0.1) is 95.3 Å². The van der Waals surface area contributed by atoms with Crippen molar-refractivity contribution in [2.24, 2.45) is 0 Å². The third-order valence-corrected chi connectivity index (χ3v) is 24.4. The molecule has 0 spiro atoms. The van der Waals surface area contributed by atoms with E-state index < -0.39 is 47.5 Å². The van der Waals surface area contributed by atoms with Crippen LogP contribution in [0.15, 0.2) is 128 Å². The first-order valence-electron chi connectivity index (χ1n) is 36.6. The summed E-state index contributed by atoms with van der Waals surface area (Å²) in [6.07, 6.45) is 9.07. The van der Waals surface area contributed by atoms with Crippen molar-refractivity contribution < 1.29 is 50.1 Å². The zero-order valence-electron chi connectivity index (χ0n) is 61.8. The Morgan fingerprint density at radius 2 is 0.833 bits per heavy atom. The monoisotopic (exact) mass is 1530 g/mol. The molecule has 3 atom stereocenters. The van der Waals surface area contributed by atoms with E-state index in [0.29, 0.717) is 91.2 Å². The number of amides is 2. The zero-order valence-corrected chi connectivity index (χ0v) is 64.3. The molecule has 12 heterocycles.